The fourth-order valence-corrected chi connectivity index (χ4v) is 3.01. The van der Waals surface area contributed by atoms with E-state index in [1.54, 1.807) is 0 Å². The van der Waals surface area contributed by atoms with Crippen LogP contribution in [0.4, 0.5) is 0 Å². The van der Waals surface area contributed by atoms with Gasteiger partial charge in [-0.15, -0.1) is 0 Å². The first kappa shape index (κ1) is 13.4. The Bertz CT molecular complexity index is 631. The van der Waals surface area contributed by atoms with Crippen molar-refractivity contribution >= 4 is 16.5 Å². The normalized spacial score (nSPS) is 17.4. The number of nitrogens with zero attached hydrogens (tertiary/aromatic N) is 1. The SMILES string of the molecule is CC(C)(N)CN1CC=C(c2c[nH]c3ccccc23)CC1. The Morgan fingerprint density at radius 2 is 2.10 bits per heavy atom. The number of nitrogens with one attached hydrogen (secondary N) is 1. The highest BCUT2D eigenvalue weighted by atomic mass is 15.1. The molecule has 0 bridgehead atoms. The Hall–Kier alpha value is -1.58. The number of aromatic nitrogens is 1. The van der Waals surface area contributed by atoms with Gasteiger partial charge in [-0.2, -0.15) is 0 Å². The fraction of sp³-hybridized carbons (Fsp3) is 0.412. The van der Waals surface area contributed by atoms with Crippen molar-refractivity contribution in [2.75, 3.05) is 19.6 Å². The number of rotatable bonds is 3. The second-order valence-electron chi connectivity index (χ2n) is 6.45. The average molecular weight is 269 g/mol. The number of fused-ring (bicyclic) bond motifs is 1. The van der Waals surface area contributed by atoms with Gasteiger partial charge >= 0.3 is 0 Å². The number of aromatic amines is 1. The summed E-state index contributed by atoms with van der Waals surface area (Å²) in [7, 11) is 0. The number of benzene rings is 1. The van der Waals surface area contributed by atoms with E-state index in [-0.39, 0.29) is 5.54 Å². The van der Waals surface area contributed by atoms with Crippen molar-refractivity contribution < 1.29 is 0 Å². The number of hydrogen-bond acceptors (Lipinski definition) is 2. The summed E-state index contributed by atoms with van der Waals surface area (Å²) in [6.07, 6.45) is 5.59. The van der Waals surface area contributed by atoms with Crippen molar-refractivity contribution in [2.45, 2.75) is 25.8 Å². The van der Waals surface area contributed by atoms with E-state index in [1.165, 1.54) is 22.0 Å². The van der Waals surface area contributed by atoms with E-state index in [1.807, 2.05) is 0 Å². The maximum Gasteiger partial charge on any atom is 0.0460 e. The second kappa shape index (κ2) is 5.08. The van der Waals surface area contributed by atoms with Crippen molar-refractivity contribution in [1.29, 1.82) is 0 Å². The zero-order valence-electron chi connectivity index (χ0n) is 12.3. The van der Waals surface area contributed by atoms with Crippen molar-refractivity contribution in [1.82, 2.24) is 9.88 Å². The Labute approximate surface area is 120 Å². The van der Waals surface area contributed by atoms with Gasteiger partial charge in [-0.05, 0) is 31.9 Å². The van der Waals surface area contributed by atoms with Gasteiger partial charge in [0.1, 0.15) is 0 Å². The van der Waals surface area contributed by atoms with Gasteiger partial charge in [-0.25, -0.2) is 0 Å². The third-order valence-corrected chi connectivity index (χ3v) is 3.86. The molecule has 0 saturated heterocycles. The van der Waals surface area contributed by atoms with Crippen LogP contribution in [0.1, 0.15) is 25.8 Å². The minimum Gasteiger partial charge on any atom is -0.361 e. The average Bonchev–Trinajstić information content (AvgIpc) is 2.82. The van der Waals surface area contributed by atoms with Gasteiger partial charge in [-0.3, -0.25) is 4.90 Å². The highest BCUT2D eigenvalue weighted by molar-refractivity contribution is 5.92. The monoisotopic (exact) mass is 269 g/mol. The van der Waals surface area contributed by atoms with Crippen LogP contribution in [0.25, 0.3) is 16.5 Å². The molecule has 20 heavy (non-hydrogen) atoms. The predicted octanol–water partition coefficient (Wildman–Crippen LogP) is 2.99. The van der Waals surface area contributed by atoms with E-state index in [2.05, 4.69) is 60.3 Å². The smallest absolute Gasteiger partial charge is 0.0460 e. The molecule has 0 spiro atoms. The molecule has 3 rings (SSSR count). The van der Waals surface area contributed by atoms with E-state index in [0.29, 0.717) is 0 Å². The van der Waals surface area contributed by atoms with Crippen molar-refractivity contribution in [3.63, 3.8) is 0 Å². The number of H-pyrrole nitrogens is 1. The lowest BCUT2D eigenvalue weighted by Gasteiger charge is -2.32. The highest BCUT2D eigenvalue weighted by Gasteiger charge is 2.20. The first-order chi connectivity index (χ1) is 9.53. The summed E-state index contributed by atoms with van der Waals surface area (Å²) in [4.78, 5) is 5.79. The minimum absolute atomic E-state index is 0.119. The molecule has 0 radical (unpaired) electrons. The Morgan fingerprint density at radius 1 is 1.30 bits per heavy atom. The van der Waals surface area contributed by atoms with E-state index in [9.17, 15) is 0 Å². The maximum absolute atomic E-state index is 6.10. The van der Waals surface area contributed by atoms with E-state index in [4.69, 9.17) is 5.73 Å². The molecular weight excluding hydrogens is 246 g/mol. The van der Waals surface area contributed by atoms with Crippen molar-refractivity contribution in [3.8, 4) is 0 Å². The predicted molar refractivity (Wildman–Crippen MR) is 85.6 cm³/mol. The lowest BCUT2D eigenvalue weighted by Crippen LogP contribution is -2.46. The van der Waals surface area contributed by atoms with Crippen LogP contribution in [0, 0.1) is 0 Å². The lowest BCUT2D eigenvalue weighted by molar-refractivity contribution is 0.246. The van der Waals surface area contributed by atoms with E-state index >= 15 is 0 Å². The summed E-state index contributed by atoms with van der Waals surface area (Å²) in [5.41, 5.74) is 10.0. The van der Waals surface area contributed by atoms with E-state index < -0.39 is 0 Å². The molecular formula is C17H23N3. The molecule has 3 heteroatoms. The molecule has 0 unspecified atom stereocenters. The topological polar surface area (TPSA) is 45.0 Å². The van der Waals surface area contributed by atoms with Crippen LogP contribution in [0.5, 0.6) is 0 Å². The van der Waals surface area contributed by atoms with Gasteiger partial charge in [0.2, 0.25) is 0 Å². The molecule has 1 aliphatic heterocycles. The van der Waals surface area contributed by atoms with Gasteiger partial charge in [0.05, 0.1) is 0 Å². The number of para-hydroxylation sites is 1. The van der Waals surface area contributed by atoms with Gasteiger partial charge in [-0.1, -0.05) is 24.3 Å². The third kappa shape index (κ3) is 2.79. The molecule has 3 N–H and O–H groups in total. The summed E-state index contributed by atoms with van der Waals surface area (Å²) in [5, 5.41) is 1.33. The molecule has 106 valence electrons. The van der Waals surface area contributed by atoms with Gasteiger partial charge in [0.25, 0.3) is 0 Å². The summed E-state index contributed by atoms with van der Waals surface area (Å²) in [6.45, 7) is 7.21. The summed E-state index contributed by atoms with van der Waals surface area (Å²) in [6, 6.07) is 8.50. The Balaban J connectivity index is 1.80. The number of nitrogens with two attached hydrogens (primary N) is 1. The van der Waals surface area contributed by atoms with Crippen LogP contribution in [0.15, 0.2) is 36.5 Å². The largest absolute Gasteiger partial charge is 0.361 e. The van der Waals surface area contributed by atoms with Crippen LogP contribution in [0.2, 0.25) is 0 Å². The molecule has 0 aliphatic carbocycles. The molecule has 1 aromatic carbocycles. The van der Waals surface area contributed by atoms with Gasteiger partial charge in [0.15, 0.2) is 0 Å². The zero-order valence-corrected chi connectivity index (χ0v) is 12.3. The molecule has 2 aromatic rings. The minimum atomic E-state index is -0.119. The van der Waals surface area contributed by atoms with Crippen LogP contribution >= 0.6 is 0 Å². The molecule has 0 amide bonds. The van der Waals surface area contributed by atoms with Gasteiger partial charge in [0, 0.05) is 47.8 Å². The molecule has 1 aromatic heterocycles. The molecule has 0 saturated carbocycles. The summed E-state index contributed by atoms with van der Waals surface area (Å²) in [5.74, 6) is 0. The van der Waals surface area contributed by atoms with Crippen LogP contribution in [-0.2, 0) is 0 Å². The quantitative estimate of drug-likeness (QED) is 0.899. The third-order valence-electron chi connectivity index (χ3n) is 3.86. The summed E-state index contributed by atoms with van der Waals surface area (Å²) >= 11 is 0. The van der Waals surface area contributed by atoms with Crippen molar-refractivity contribution in [3.05, 3.63) is 42.1 Å². The van der Waals surface area contributed by atoms with Crippen LogP contribution in [0.3, 0.4) is 0 Å². The molecule has 3 nitrogen and oxygen atoms in total. The zero-order chi connectivity index (χ0) is 14.2. The first-order valence-corrected chi connectivity index (χ1v) is 7.30. The number of hydrogen-bond donors (Lipinski definition) is 2. The highest BCUT2D eigenvalue weighted by Crippen LogP contribution is 2.29. The van der Waals surface area contributed by atoms with Crippen LogP contribution in [-0.4, -0.2) is 35.1 Å². The molecule has 1 aliphatic rings. The second-order valence-corrected chi connectivity index (χ2v) is 6.45. The molecule has 0 fully saturated rings. The fourth-order valence-electron chi connectivity index (χ4n) is 3.01. The first-order valence-electron chi connectivity index (χ1n) is 7.30. The Kier molecular flexibility index (Phi) is 3.40. The Morgan fingerprint density at radius 3 is 2.80 bits per heavy atom. The molecule has 0 atom stereocenters. The lowest BCUT2D eigenvalue weighted by atomic mass is 9.97. The maximum atomic E-state index is 6.10. The van der Waals surface area contributed by atoms with Gasteiger partial charge < -0.3 is 10.7 Å². The standard InChI is InChI=1S/C17H23N3/c1-17(2,18)12-20-9-7-13(8-10-20)15-11-19-16-6-4-3-5-14(15)16/h3-7,11,19H,8-10,12,18H2,1-2H3. The van der Waals surface area contributed by atoms with E-state index in [0.717, 1.165) is 26.1 Å². The van der Waals surface area contributed by atoms with Crippen LogP contribution < -0.4 is 5.73 Å². The van der Waals surface area contributed by atoms with Crippen molar-refractivity contribution in [2.24, 2.45) is 5.73 Å². The molecule has 2 heterocycles. The summed E-state index contributed by atoms with van der Waals surface area (Å²) < 4.78 is 0.